The van der Waals surface area contributed by atoms with Crippen molar-refractivity contribution in [3.63, 3.8) is 0 Å². The summed E-state index contributed by atoms with van der Waals surface area (Å²) in [7, 11) is -35.3. The van der Waals surface area contributed by atoms with Gasteiger partial charge in [-0.15, -0.1) is 12.6 Å². The van der Waals surface area contributed by atoms with Gasteiger partial charge in [-0.2, -0.15) is 0 Å². The van der Waals surface area contributed by atoms with Crippen molar-refractivity contribution in [1.82, 2.24) is 20.8 Å². The van der Waals surface area contributed by atoms with E-state index < -0.39 is 98.5 Å². The van der Waals surface area contributed by atoms with E-state index in [2.05, 4.69) is 50.1 Å². The van der Waals surface area contributed by atoms with Crippen molar-refractivity contribution in [1.29, 1.82) is 0 Å². The molecular formula is C64H92N12O19S5Si3. The number of nitrogens with zero attached hydrogens (tertiary/aromatic N) is 10. The third-order valence-corrected chi connectivity index (χ3v) is 40.3. The van der Waals surface area contributed by atoms with E-state index in [9.17, 15) is 64.9 Å². The number of quaternary nitrogens is 4. The van der Waals surface area contributed by atoms with E-state index in [-0.39, 0.29) is 87.5 Å². The number of aromatic nitrogens is 2. The average molecular weight is 1580 g/mol. The number of hydrogen-bond acceptors (Lipinski definition) is 23. The van der Waals surface area contributed by atoms with Gasteiger partial charge in [0.25, 0.3) is 0 Å². The van der Waals surface area contributed by atoms with Crippen LogP contribution in [0, 0.1) is 0 Å². The number of carbonyl (C=O) groups is 1. The van der Waals surface area contributed by atoms with Crippen molar-refractivity contribution in [2.75, 3.05) is 82.5 Å². The van der Waals surface area contributed by atoms with Crippen LogP contribution in [0.15, 0.2) is 117 Å². The molecule has 31 nitrogen and oxygen atoms in total. The average Bonchev–Trinajstić information content (AvgIpc) is 1.47. The van der Waals surface area contributed by atoms with Crippen molar-refractivity contribution < 1.29 is 99.7 Å². The van der Waals surface area contributed by atoms with Gasteiger partial charge >= 0.3 is 565 Å². The third-order valence-electron chi connectivity index (χ3n) is 20.5. The molecule has 0 fully saturated rings. The number of amidine groups is 4. The van der Waals surface area contributed by atoms with Crippen molar-refractivity contribution >= 4 is 138 Å². The van der Waals surface area contributed by atoms with Gasteiger partial charge in [-0.1, -0.05) is 0 Å². The van der Waals surface area contributed by atoms with E-state index >= 15 is 0 Å². The molecule has 8 heterocycles. The van der Waals surface area contributed by atoms with Gasteiger partial charge in [0.1, 0.15) is 0 Å². The predicted molar refractivity (Wildman–Crippen MR) is 391 cm³/mol. The van der Waals surface area contributed by atoms with Gasteiger partial charge < -0.3 is 17.0 Å². The number of hydrogen-bond donors (Lipinski definition) is 2. The van der Waals surface area contributed by atoms with Crippen LogP contribution in [0.2, 0.25) is 38.3 Å². The fraction of sp³-hybridized carbons (Fsp3) is 0.484. The molecule has 103 heavy (non-hydrogen) atoms. The largest absolute Gasteiger partial charge is 0.425 e. The Bertz CT molecular complexity index is 5010. The SMILES string of the molecule is CCC[N+](CCCCCC(=O)OC)(CCC[Si](C)(C)O[Si-2]123(O[Si](C)(C)CCC[N+](CCCS(=O)(=O)[O-])(CCCS(=O)(=O)[O-])CCCS(=O)(=O)[O-])n4c5c6ccccc6c4N=C4c6ccccc6C(=[N+]41)N=c1c4ccccc4c(n12)=NC1=[N+]3C(=N5)c2ccccc21)CCCS(=O)(=O)[O-].O=S(=O)=O.[NH4+].[NH4+]. The molecule has 0 aliphatic carbocycles. The number of fused-ring (bicyclic) bond motifs is 12. The Morgan fingerprint density at radius 1 is 0.476 bits per heavy atom. The molecular weight excluding hydrogens is 1490 g/mol. The number of rotatable bonds is 36. The van der Waals surface area contributed by atoms with Crippen LogP contribution < -0.4 is 23.3 Å². The molecule has 1 unspecified atom stereocenters. The maximum absolute atomic E-state index is 12.3. The molecule has 0 saturated carbocycles. The molecule has 4 aromatic carbocycles. The Balaban J connectivity index is 0.00000200. The zero-order valence-corrected chi connectivity index (χ0v) is 66.3. The quantitative estimate of drug-likeness (QED) is 0.0154. The number of carbonyl (C=O) groups excluding carboxylic acids is 1. The van der Waals surface area contributed by atoms with Crippen LogP contribution in [0.25, 0.3) is 21.5 Å². The number of methoxy groups -OCH3 is 1. The monoisotopic (exact) mass is 1580 g/mol. The van der Waals surface area contributed by atoms with Crippen LogP contribution in [0.1, 0.15) is 99.8 Å². The van der Waals surface area contributed by atoms with E-state index in [0.29, 0.717) is 102 Å². The fourth-order valence-corrected chi connectivity index (χ4v) is 41.2. The predicted octanol–water partition coefficient (Wildman–Crippen LogP) is 5.82. The molecule has 1 atom stereocenters. The van der Waals surface area contributed by atoms with E-state index in [1.807, 2.05) is 97.1 Å². The van der Waals surface area contributed by atoms with Gasteiger partial charge in [-0.25, -0.2) is 0 Å². The Morgan fingerprint density at radius 2 is 0.806 bits per heavy atom. The zero-order chi connectivity index (χ0) is 73.1. The summed E-state index contributed by atoms with van der Waals surface area (Å²) in [4.78, 5) is 35.6. The molecule has 0 bridgehead atoms. The first-order valence-electron chi connectivity index (χ1n) is 33.9. The summed E-state index contributed by atoms with van der Waals surface area (Å²) in [5.41, 5.74) is 4.04. The molecule has 39 heteroatoms. The summed E-state index contributed by atoms with van der Waals surface area (Å²) >= 11 is 0. The minimum absolute atomic E-state index is 0. The molecule has 1 spiro atoms. The molecule has 6 aliphatic heterocycles. The molecule has 6 aromatic rings. The third kappa shape index (κ3) is 14.9. The van der Waals surface area contributed by atoms with Crippen LogP contribution >= 0.6 is 0 Å². The summed E-state index contributed by atoms with van der Waals surface area (Å²) in [6.45, 7) is 13.2. The number of aliphatic imine (C=N–C) groups is 2. The number of unbranched alkanes of at least 4 members (excludes halogenated alkanes) is 2. The number of ether oxygens (including phenoxy) is 1. The van der Waals surface area contributed by atoms with Crippen LogP contribution in [-0.4, -0.2) is 227 Å². The van der Waals surface area contributed by atoms with Crippen molar-refractivity contribution in [2.45, 2.75) is 116 Å². The second-order valence-electron chi connectivity index (χ2n) is 28.4. The van der Waals surface area contributed by atoms with Crippen molar-refractivity contribution in [3.8, 4) is 0 Å². The molecule has 2 aromatic heterocycles. The summed E-state index contributed by atoms with van der Waals surface area (Å²) in [6.07, 6.45) is 3.56. The zero-order valence-electron chi connectivity index (χ0n) is 59.2. The Morgan fingerprint density at radius 3 is 1.17 bits per heavy atom. The van der Waals surface area contributed by atoms with Gasteiger partial charge in [0, 0.05) is 0 Å². The van der Waals surface area contributed by atoms with Gasteiger partial charge in [0.05, 0.1) is 7.11 Å². The first-order chi connectivity index (χ1) is 47.4. The van der Waals surface area contributed by atoms with E-state index in [0.717, 1.165) is 63.1 Å². The van der Waals surface area contributed by atoms with Gasteiger partial charge in [0.2, 0.25) is 0 Å². The van der Waals surface area contributed by atoms with Gasteiger partial charge in [-0.05, 0) is 0 Å². The van der Waals surface area contributed by atoms with Gasteiger partial charge in [0.15, 0.2) is 0 Å². The maximum Gasteiger partial charge on any atom is 0.425 e. The Labute approximate surface area is 603 Å². The van der Waals surface area contributed by atoms with Crippen molar-refractivity contribution in [3.05, 3.63) is 130 Å². The summed E-state index contributed by atoms with van der Waals surface area (Å²) < 4.78 is 205. The second-order valence-corrected chi connectivity index (χ2v) is 49.2. The molecule has 0 amide bonds. The smallest absolute Gasteiger partial charge is 0.369 e. The van der Waals surface area contributed by atoms with E-state index in [1.54, 1.807) is 0 Å². The van der Waals surface area contributed by atoms with Crippen molar-refractivity contribution in [2.24, 2.45) is 20.0 Å². The van der Waals surface area contributed by atoms with Crippen LogP contribution in [0.5, 0.6) is 0 Å². The van der Waals surface area contributed by atoms with E-state index in [1.165, 1.54) is 7.11 Å². The molecule has 564 valence electrons. The molecule has 8 N–H and O–H groups in total. The standard InChI is InChI=1S/C64H86N10O16S4Si3.2H3N.O3S/c1-7-34-73(36-19-42-91(76,77)78,35-18-8-9-33-56(75)88-2)40-23-46-95(3,4)89-97(90-96(5,6)47-24-41-74(37-20-43-92(79,80)81,38-21-44-93(82,83)84)39-22-45-94(85,86)87)69-57-48-25-10-11-26-49(48)58(69)66-60-52-29-14-15-30-53(52)62(71(60)97)68-64-55-32-17-16-31-54(55)63(72(64)97)67-61-51-28-13-12-27-50(51)59(65-57)70(61)97;;;1-4(2)3/h10-17,25-32H,7-9,18-24,33-47H2,1-6H3,(H2-2,76,77,78,79,80,81,82,83,84,85,86,87);2*1H3;. The Hall–Kier alpha value is -6.62. The molecule has 6 aliphatic rings. The Kier molecular flexibility index (Phi) is 22.9. The fourth-order valence-electron chi connectivity index (χ4n) is 17.1. The van der Waals surface area contributed by atoms with Crippen LogP contribution in [-0.2, 0) is 68.8 Å². The minimum atomic E-state index is -7.36. The summed E-state index contributed by atoms with van der Waals surface area (Å²) in [5.74, 6) is -0.0639. The first kappa shape index (κ1) is 80.5. The minimum Gasteiger partial charge on any atom is -0.369 e. The van der Waals surface area contributed by atoms with E-state index in [4.69, 9.17) is 37.3 Å². The van der Waals surface area contributed by atoms with Gasteiger partial charge in [-0.3, -0.25) is 4.79 Å². The normalized spacial score (nSPS) is 17.5. The molecule has 0 saturated heterocycles. The number of esters is 1. The summed E-state index contributed by atoms with van der Waals surface area (Å²) in [5, 5.41) is 3.03. The topological polar surface area (TPSA) is 463 Å². The molecule has 0 radical (unpaired) electrons. The van der Waals surface area contributed by atoms with Crippen LogP contribution in [0.3, 0.4) is 0 Å². The number of benzene rings is 4. The summed E-state index contributed by atoms with van der Waals surface area (Å²) in [6, 6.07) is 32.8. The first-order valence-corrected chi connectivity index (χ1v) is 50.0. The molecule has 12 rings (SSSR count). The van der Waals surface area contributed by atoms with Crippen LogP contribution in [0.4, 0.5) is 11.6 Å². The second kappa shape index (κ2) is 29.3. The maximum atomic E-state index is 12.3.